The van der Waals surface area contributed by atoms with Gasteiger partial charge in [0, 0.05) is 16.9 Å². The van der Waals surface area contributed by atoms with Crippen LogP contribution in [0.3, 0.4) is 0 Å². The molecule has 0 aliphatic heterocycles. The van der Waals surface area contributed by atoms with Crippen molar-refractivity contribution in [3.63, 3.8) is 0 Å². The molecule has 1 amide bonds. The molecule has 0 spiro atoms. The van der Waals surface area contributed by atoms with E-state index < -0.39 is 0 Å². The second kappa shape index (κ2) is 5.10. The molecule has 1 aromatic heterocycles. The van der Waals surface area contributed by atoms with E-state index in [1.807, 2.05) is 44.2 Å². The maximum atomic E-state index is 11.5. The first kappa shape index (κ1) is 11.8. The number of benzene rings is 1. The van der Waals surface area contributed by atoms with Gasteiger partial charge >= 0.3 is 0 Å². The lowest BCUT2D eigenvalue weighted by molar-refractivity contribution is -0.115. The van der Waals surface area contributed by atoms with Crippen molar-refractivity contribution in [2.75, 3.05) is 5.32 Å². The van der Waals surface area contributed by atoms with Gasteiger partial charge in [0.25, 0.3) is 0 Å². The molecular formula is C13H14N2OS. The Morgan fingerprint density at radius 3 is 2.71 bits per heavy atom. The molecule has 1 N–H and O–H groups in total. The van der Waals surface area contributed by atoms with Crippen LogP contribution in [-0.2, 0) is 4.79 Å². The van der Waals surface area contributed by atoms with Gasteiger partial charge < -0.3 is 5.32 Å². The molecule has 2 rings (SSSR count). The van der Waals surface area contributed by atoms with Crippen LogP contribution in [0.15, 0.2) is 30.3 Å². The molecule has 17 heavy (non-hydrogen) atoms. The van der Waals surface area contributed by atoms with E-state index in [-0.39, 0.29) is 5.91 Å². The summed E-state index contributed by atoms with van der Waals surface area (Å²) in [6, 6.07) is 9.89. The van der Waals surface area contributed by atoms with E-state index in [0.717, 1.165) is 21.8 Å². The van der Waals surface area contributed by atoms with E-state index in [1.165, 1.54) is 11.5 Å². The Morgan fingerprint density at radius 2 is 2.06 bits per heavy atom. The Hall–Kier alpha value is -1.68. The summed E-state index contributed by atoms with van der Waals surface area (Å²) < 4.78 is 4.40. The number of aryl methyl sites for hydroxylation is 1. The Bertz CT molecular complexity index is 519. The summed E-state index contributed by atoms with van der Waals surface area (Å²) in [4.78, 5) is 12.5. The molecule has 3 nitrogen and oxygen atoms in total. The zero-order chi connectivity index (χ0) is 12.3. The predicted molar refractivity (Wildman–Crippen MR) is 71.2 cm³/mol. The zero-order valence-electron chi connectivity index (χ0n) is 9.86. The van der Waals surface area contributed by atoms with Crippen LogP contribution in [-0.4, -0.2) is 10.3 Å². The lowest BCUT2D eigenvalue weighted by Gasteiger charge is -2.05. The van der Waals surface area contributed by atoms with Crippen molar-refractivity contribution >= 4 is 23.1 Å². The summed E-state index contributed by atoms with van der Waals surface area (Å²) >= 11 is 1.41. The molecule has 0 atom stereocenters. The van der Waals surface area contributed by atoms with Gasteiger partial charge in [0.05, 0.1) is 5.69 Å². The first-order valence-electron chi connectivity index (χ1n) is 5.54. The highest BCUT2D eigenvalue weighted by Crippen LogP contribution is 2.32. The number of anilines is 1. The van der Waals surface area contributed by atoms with E-state index >= 15 is 0 Å². The Morgan fingerprint density at radius 1 is 1.35 bits per heavy atom. The summed E-state index contributed by atoms with van der Waals surface area (Å²) in [5, 5.41) is 2.92. The third-order valence-electron chi connectivity index (χ3n) is 2.50. The number of rotatable bonds is 3. The SMILES string of the molecule is CCC(=O)Nc1c(-c2ccccc2)nsc1C. The van der Waals surface area contributed by atoms with Gasteiger partial charge in [-0.25, -0.2) is 0 Å². The molecule has 0 aliphatic carbocycles. The van der Waals surface area contributed by atoms with Crippen LogP contribution in [0.25, 0.3) is 11.3 Å². The van der Waals surface area contributed by atoms with E-state index in [9.17, 15) is 4.79 Å². The zero-order valence-corrected chi connectivity index (χ0v) is 10.7. The van der Waals surface area contributed by atoms with Crippen molar-refractivity contribution in [1.82, 2.24) is 4.37 Å². The Balaban J connectivity index is 2.39. The van der Waals surface area contributed by atoms with Gasteiger partial charge in [-0.15, -0.1) is 0 Å². The molecule has 0 aliphatic rings. The minimum atomic E-state index is 0.0190. The number of hydrogen-bond donors (Lipinski definition) is 1. The highest BCUT2D eigenvalue weighted by atomic mass is 32.1. The summed E-state index contributed by atoms with van der Waals surface area (Å²) in [6.07, 6.45) is 0.476. The van der Waals surface area contributed by atoms with Crippen LogP contribution in [0.5, 0.6) is 0 Å². The van der Waals surface area contributed by atoms with Crippen LogP contribution >= 0.6 is 11.5 Å². The van der Waals surface area contributed by atoms with Crippen molar-refractivity contribution in [3.05, 3.63) is 35.2 Å². The molecule has 0 bridgehead atoms. The van der Waals surface area contributed by atoms with E-state index in [1.54, 1.807) is 0 Å². The molecule has 0 unspecified atom stereocenters. The highest BCUT2D eigenvalue weighted by molar-refractivity contribution is 7.06. The number of nitrogens with one attached hydrogen (secondary N) is 1. The quantitative estimate of drug-likeness (QED) is 0.901. The number of amides is 1. The van der Waals surface area contributed by atoms with Crippen LogP contribution in [0, 0.1) is 6.92 Å². The number of hydrogen-bond acceptors (Lipinski definition) is 3. The van der Waals surface area contributed by atoms with Crippen molar-refractivity contribution in [1.29, 1.82) is 0 Å². The third-order valence-corrected chi connectivity index (χ3v) is 3.25. The van der Waals surface area contributed by atoms with Gasteiger partial charge in [-0.05, 0) is 18.5 Å². The van der Waals surface area contributed by atoms with Gasteiger partial charge in [0.1, 0.15) is 5.69 Å². The Labute approximate surface area is 105 Å². The van der Waals surface area contributed by atoms with E-state index in [4.69, 9.17) is 0 Å². The van der Waals surface area contributed by atoms with Gasteiger partial charge in [-0.3, -0.25) is 4.79 Å². The van der Waals surface area contributed by atoms with Crippen molar-refractivity contribution in [3.8, 4) is 11.3 Å². The summed E-state index contributed by atoms with van der Waals surface area (Å²) in [5.74, 6) is 0.0190. The first-order chi connectivity index (χ1) is 8.22. The highest BCUT2D eigenvalue weighted by Gasteiger charge is 2.13. The fraction of sp³-hybridized carbons (Fsp3) is 0.231. The third kappa shape index (κ3) is 2.53. The summed E-state index contributed by atoms with van der Waals surface area (Å²) in [5.41, 5.74) is 2.73. The van der Waals surface area contributed by atoms with Crippen LogP contribution in [0.1, 0.15) is 18.2 Å². The lowest BCUT2D eigenvalue weighted by Crippen LogP contribution is -2.10. The molecule has 0 saturated carbocycles. The average molecular weight is 246 g/mol. The minimum Gasteiger partial charge on any atom is -0.323 e. The summed E-state index contributed by atoms with van der Waals surface area (Å²) in [7, 11) is 0. The molecule has 88 valence electrons. The number of nitrogens with zero attached hydrogens (tertiary/aromatic N) is 1. The topological polar surface area (TPSA) is 42.0 Å². The molecule has 0 radical (unpaired) electrons. The van der Waals surface area contributed by atoms with Crippen LogP contribution in [0.2, 0.25) is 0 Å². The van der Waals surface area contributed by atoms with Crippen LogP contribution < -0.4 is 5.32 Å². The minimum absolute atomic E-state index is 0.0190. The maximum Gasteiger partial charge on any atom is 0.224 e. The van der Waals surface area contributed by atoms with Crippen molar-refractivity contribution < 1.29 is 4.79 Å². The lowest BCUT2D eigenvalue weighted by atomic mass is 10.1. The number of aromatic nitrogens is 1. The van der Waals surface area contributed by atoms with E-state index in [2.05, 4.69) is 9.69 Å². The summed E-state index contributed by atoms with van der Waals surface area (Å²) in [6.45, 7) is 3.81. The molecule has 0 saturated heterocycles. The molecule has 1 aromatic carbocycles. The molecule has 2 aromatic rings. The Kier molecular flexibility index (Phi) is 3.54. The molecule has 0 fully saturated rings. The first-order valence-corrected chi connectivity index (χ1v) is 6.31. The standard InChI is InChI=1S/C13H14N2OS/c1-3-11(16)14-12-9(2)17-15-13(12)10-7-5-4-6-8-10/h4-8H,3H2,1-2H3,(H,14,16). The largest absolute Gasteiger partial charge is 0.323 e. The van der Waals surface area contributed by atoms with Gasteiger partial charge in [0.15, 0.2) is 0 Å². The number of carbonyl (C=O) groups is 1. The second-order valence-corrected chi connectivity index (χ2v) is 4.71. The van der Waals surface area contributed by atoms with Gasteiger partial charge in [-0.2, -0.15) is 4.37 Å². The fourth-order valence-electron chi connectivity index (χ4n) is 1.54. The van der Waals surface area contributed by atoms with Crippen LogP contribution in [0.4, 0.5) is 5.69 Å². The molecule has 1 heterocycles. The maximum absolute atomic E-state index is 11.5. The van der Waals surface area contributed by atoms with Crippen molar-refractivity contribution in [2.45, 2.75) is 20.3 Å². The predicted octanol–water partition coefficient (Wildman–Crippen LogP) is 3.47. The molecular weight excluding hydrogens is 232 g/mol. The van der Waals surface area contributed by atoms with Crippen molar-refractivity contribution in [2.24, 2.45) is 0 Å². The van der Waals surface area contributed by atoms with Gasteiger partial charge in [-0.1, -0.05) is 37.3 Å². The number of carbonyl (C=O) groups excluding carboxylic acids is 1. The average Bonchev–Trinajstić information content (AvgIpc) is 2.72. The van der Waals surface area contributed by atoms with Gasteiger partial charge in [0.2, 0.25) is 5.91 Å². The molecule has 4 heteroatoms. The monoisotopic (exact) mass is 246 g/mol. The second-order valence-electron chi connectivity index (χ2n) is 3.73. The normalized spacial score (nSPS) is 10.2. The smallest absolute Gasteiger partial charge is 0.224 e. The fourth-order valence-corrected chi connectivity index (χ4v) is 2.20. The van der Waals surface area contributed by atoms with E-state index in [0.29, 0.717) is 6.42 Å².